The van der Waals surface area contributed by atoms with Crippen LogP contribution in [0.3, 0.4) is 0 Å². The molecule has 3 rings (SSSR count). The Morgan fingerprint density at radius 1 is 1.17 bits per heavy atom. The van der Waals surface area contributed by atoms with Crippen molar-refractivity contribution in [3.8, 4) is 16.9 Å². The summed E-state index contributed by atoms with van der Waals surface area (Å²) in [5.41, 5.74) is 4.32. The lowest BCUT2D eigenvalue weighted by molar-refractivity contribution is 0.417. The standard InChI is InChI=1S/C20H23N3O/c1-5-14(3)22-20-21-12-15-10-17(16-9-7-6-8-13(16)2)19(24-4)11-18(15)23-20/h6-12,14H,5H2,1-4H3,(H,21,22,23)/t14-/m1/s1. The van der Waals surface area contributed by atoms with Crippen LogP contribution < -0.4 is 10.1 Å². The minimum absolute atomic E-state index is 0.343. The molecule has 1 aromatic heterocycles. The van der Waals surface area contributed by atoms with Gasteiger partial charge in [-0.1, -0.05) is 31.2 Å². The molecule has 1 N–H and O–H groups in total. The topological polar surface area (TPSA) is 47.0 Å². The third kappa shape index (κ3) is 3.18. The summed E-state index contributed by atoms with van der Waals surface area (Å²) in [4.78, 5) is 9.07. The molecule has 4 nitrogen and oxygen atoms in total. The van der Waals surface area contributed by atoms with E-state index >= 15 is 0 Å². The third-order valence-electron chi connectivity index (χ3n) is 4.32. The molecule has 1 atom stereocenters. The Hall–Kier alpha value is -2.62. The SMILES string of the molecule is CC[C@@H](C)Nc1ncc2cc(-c3ccccc3C)c(OC)cc2n1. The van der Waals surface area contributed by atoms with Crippen molar-refractivity contribution < 1.29 is 4.74 Å². The van der Waals surface area contributed by atoms with Crippen LogP contribution in [0.25, 0.3) is 22.0 Å². The molecule has 0 aliphatic heterocycles. The molecule has 0 saturated heterocycles. The second-order valence-corrected chi connectivity index (χ2v) is 6.07. The Morgan fingerprint density at radius 2 is 1.96 bits per heavy atom. The van der Waals surface area contributed by atoms with Gasteiger partial charge in [0.1, 0.15) is 5.75 Å². The van der Waals surface area contributed by atoms with Crippen molar-refractivity contribution in [3.63, 3.8) is 0 Å². The van der Waals surface area contributed by atoms with Crippen molar-refractivity contribution >= 4 is 16.9 Å². The quantitative estimate of drug-likeness (QED) is 0.731. The van der Waals surface area contributed by atoms with Crippen LogP contribution in [0, 0.1) is 6.92 Å². The zero-order chi connectivity index (χ0) is 17.1. The molecule has 24 heavy (non-hydrogen) atoms. The van der Waals surface area contributed by atoms with Crippen LogP contribution in [-0.4, -0.2) is 23.1 Å². The molecular weight excluding hydrogens is 298 g/mol. The van der Waals surface area contributed by atoms with Gasteiger partial charge in [-0.3, -0.25) is 0 Å². The number of ether oxygens (including phenoxy) is 1. The number of aryl methyl sites for hydroxylation is 1. The number of methoxy groups -OCH3 is 1. The maximum absolute atomic E-state index is 5.62. The molecular formula is C20H23N3O. The second kappa shape index (κ2) is 6.87. The number of hydrogen-bond acceptors (Lipinski definition) is 4. The van der Waals surface area contributed by atoms with Crippen molar-refractivity contribution in [2.24, 2.45) is 0 Å². The van der Waals surface area contributed by atoms with E-state index in [9.17, 15) is 0 Å². The Labute approximate surface area is 142 Å². The molecule has 4 heteroatoms. The fraction of sp³-hybridized carbons (Fsp3) is 0.300. The zero-order valence-corrected chi connectivity index (χ0v) is 14.6. The van der Waals surface area contributed by atoms with Crippen LogP contribution in [0.1, 0.15) is 25.8 Å². The van der Waals surface area contributed by atoms with Crippen molar-refractivity contribution in [1.29, 1.82) is 0 Å². The number of fused-ring (bicyclic) bond motifs is 1. The summed E-state index contributed by atoms with van der Waals surface area (Å²) in [6, 6.07) is 12.7. The average Bonchev–Trinajstić information content (AvgIpc) is 2.61. The van der Waals surface area contributed by atoms with Crippen molar-refractivity contribution in [2.75, 3.05) is 12.4 Å². The molecule has 0 aliphatic carbocycles. The van der Waals surface area contributed by atoms with Gasteiger partial charge < -0.3 is 10.1 Å². The van der Waals surface area contributed by atoms with Crippen LogP contribution in [0.4, 0.5) is 5.95 Å². The maximum atomic E-state index is 5.62. The smallest absolute Gasteiger partial charge is 0.223 e. The molecule has 1 heterocycles. The molecule has 0 saturated carbocycles. The molecule has 0 fully saturated rings. The van der Waals surface area contributed by atoms with Gasteiger partial charge in [-0.05, 0) is 37.5 Å². The Morgan fingerprint density at radius 3 is 2.67 bits per heavy atom. The highest BCUT2D eigenvalue weighted by Gasteiger charge is 2.12. The summed E-state index contributed by atoms with van der Waals surface area (Å²) in [5, 5.41) is 4.32. The lowest BCUT2D eigenvalue weighted by Gasteiger charge is -2.14. The maximum Gasteiger partial charge on any atom is 0.223 e. The van der Waals surface area contributed by atoms with Gasteiger partial charge in [0.15, 0.2) is 0 Å². The zero-order valence-electron chi connectivity index (χ0n) is 14.6. The summed E-state index contributed by atoms with van der Waals surface area (Å²) in [5.74, 6) is 1.48. The summed E-state index contributed by atoms with van der Waals surface area (Å²) < 4.78 is 5.62. The molecule has 0 bridgehead atoms. The van der Waals surface area contributed by atoms with Crippen molar-refractivity contribution in [1.82, 2.24) is 9.97 Å². The molecule has 0 spiro atoms. The summed E-state index contributed by atoms with van der Waals surface area (Å²) in [6.45, 7) is 6.36. The van der Waals surface area contributed by atoms with E-state index in [-0.39, 0.29) is 0 Å². The number of aromatic nitrogens is 2. The van der Waals surface area contributed by atoms with Crippen molar-refractivity contribution in [3.05, 3.63) is 48.2 Å². The van der Waals surface area contributed by atoms with Gasteiger partial charge in [-0.25, -0.2) is 9.97 Å². The average molecular weight is 321 g/mol. The van der Waals surface area contributed by atoms with Crippen LogP contribution in [0.5, 0.6) is 5.75 Å². The monoisotopic (exact) mass is 321 g/mol. The van der Waals surface area contributed by atoms with Crippen molar-refractivity contribution in [2.45, 2.75) is 33.2 Å². The first kappa shape index (κ1) is 16.2. The Balaban J connectivity index is 2.10. The van der Waals surface area contributed by atoms with Gasteiger partial charge in [0.05, 0.1) is 12.6 Å². The first-order valence-electron chi connectivity index (χ1n) is 8.29. The van der Waals surface area contributed by atoms with E-state index in [1.165, 1.54) is 5.56 Å². The fourth-order valence-electron chi connectivity index (χ4n) is 2.71. The normalized spacial score (nSPS) is 12.2. The number of nitrogens with one attached hydrogen (secondary N) is 1. The van der Waals surface area contributed by atoms with Gasteiger partial charge >= 0.3 is 0 Å². The number of nitrogens with zero attached hydrogens (tertiary/aromatic N) is 2. The second-order valence-electron chi connectivity index (χ2n) is 6.07. The Kier molecular flexibility index (Phi) is 4.65. The molecule has 0 amide bonds. The molecule has 0 radical (unpaired) electrons. The predicted octanol–water partition coefficient (Wildman–Crippen LogP) is 4.82. The van der Waals surface area contributed by atoms with E-state index in [0.29, 0.717) is 12.0 Å². The number of anilines is 1. The predicted molar refractivity (Wildman–Crippen MR) is 99.6 cm³/mol. The molecule has 0 aliphatic rings. The van der Waals surface area contributed by atoms with E-state index in [2.05, 4.69) is 54.3 Å². The van der Waals surface area contributed by atoms with Gasteiger partial charge in [-0.15, -0.1) is 0 Å². The van der Waals surface area contributed by atoms with E-state index in [1.807, 2.05) is 24.4 Å². The van der Waals surface area contributed by atoms with E-state index < -0.39 is 0 Å². The van der Waals surface area contributed by atoms with Gasteiger partial charge in [0.25, 0.3) is 0 Å². The van der Waals surface area contributed by atoms with Crippen LogP contribution >= 0.6 is 0 Å². The van der Waals surface area contributed by atoms with E-state index in [0.717, 1.165) is 34.2 Å². The minimum atomic E-state index is 0.343. The largest absolute Gasteiger partial charge is 0.496 e. The minimum Gasteiger partial charge on any atom is -0.496 e. The highest BCUT2D eigenvalue weighted by molar-refractivity contribution is 5.89. The lowest BCUT2D eigenvalue weighted by atomic mass is 9.98. The number of benzene rings is 2. The lowest BCUT2D eigenvalue weighted by Crippen LogP contribution is -2.15. The number of rotatable bonds is 5. The van der Waals surface area contributed by atoms with Crippen LogP contribution in [-0.2, 0) is 0 Å². The molecule has 124 valence electrons. The third-order valence-corrected chi connectivity index (χ3v) is 4.32. The van der Waals surface area contributed by atoms with Crippen LogP contribution in [0.15, 0.2) is 42.6 Å². The highest BCUT2D eigenvalue weighted by Crippen LogP contribution is 2.35. The number of hydrogen-bond donors (Lipinski definition) is 1. The summed E-state index contributed by atoms with van der Waals surface area (Å²) in [7, 11) is 1.70. The van der Waals surface area contributed by atoms with Gasteiger partial charge in [-0.2, -0.15) is 0 Å². The first-order chi connectivity index (χ1) is 11.6. The molecule has 2 aromatic carbocycles. The highest BCUT2D eigenvalue weighted by atomic mass is 16.5. The molecule has 3 aromatic rings. The van der Waals surface area contributed by atoms with E-state index in [4.69, 9.17) is 4.74 Å². The Bertz CT molecular complexity index is 861. The van der Waals surface area contributed by atoms with Gasteiger partial charge in [0.2, 0.25) is 5.95 Å². The van der Waals surface area contributed by atoms with Crippen LogP contribution in [0.2, 0.25) is 0 Å². The fourth-order valence-corrected chi connectivity index (χ4v) is 2.71. The van der Waals surface area contributed by atoms with E-state index in [1.54, 1.807) is 7.11 Å². The van der Waals surface area contributed by atoms with Gasteiger partial charge in [0, 0.05) is 29.3 Å². The summed E-state index contributed by atoms with van der Waals surface area (Å²) in [6.07, 6.45) is 2.89. The summed E-state index contributed by atoms with van der Waals surface area (Å²) >= 11 is 0. The first-order valence-corrected chi connectivity index (χ1v) is 8.29. The molecule has 0 unspecified atom stereocenters.